The lowest BCUT2D eigenvalue weighted by Gasteiger charge is -2.15. The number of hydrogen-bond donors (Lipinski definition) is 4. The van der Waals surface area contributed by atoms with Gasteiger partial charge in [0, 0.05) is 6.20 Å². The summed E-state index contributed by atoms with van der Waals surface area (Å²) in [5.41, 5.74) is -0.319. The molecule has 2 aromatic rings. The molecule has 0 aliphatic carbocycles. The normalized spacial score (nSPS) is 23.7. The van der Waals surface area contributed by atoms with E-state index in [1.807, 2.05) is 6.07 Å². The Balaban J connectivity index is 2.17. The maximum absolute atomic E-state index is 11.8. The van der Waals surface area contributed by atoms with Gasteiger partial charge in [0.2, 0.25) is 0 Å². The number of aromatic amines is 1. The number of rotatable bonds is 2. The molecule has 108 valence electrons. The third-order valence-corrected chi connectivity index (χ3v) is 3.25. The smallest absolute Gasteiger partial charge is 0.261 e. The molecule has 1 fully saturated rings. The second-order valence-corrected chi connectivity index (χ2v) is 4.41. The lowest BCUT2D eigenvalue weighted by Crippen LogP contribution is -2.22. The minimum absolute atomic E-state index is 0.0580. The average molecular weight is 290 g/mol. The van der Waals surface area contributed by atoms with Crippen molar-refractivity contribution in [1.29, 1.82) is 5.26 Å². The van der Waals surface area contributed by atoms with Gasteiger partial charge in [0.05, 0.1) is 18.5 Å². The highest BCUT2D eigenvalue weighted by atomic mass is 16.6. The van der Waals surface area contributed by atoms with Gasteiger partial charge in [-0.2, -0.15) is 5.26 Å². The second kappa shape index (κ2) is 4.94. The van der Waals surface area contributed by atoms with E-state index >= 15 is 0 Å². The zero-order valence-corrected chi connectivity index (χ0v) is 10.5. The van der Waals surface area contributed by atoms with E-state index in [-0.39, 0.29) is 22.7 Å². The first-order valence-electron chi connectivity index (χ1n) is 5.93. The van der Waals surface area contributed by atoms with Gasteiger partial charge in [-0.3, -0.25) is 4.79 Å². The molecule has 0 aromatic carbocycles. The summed E-state index contributed by atoms with van der Waals surface area (Å²) in [6, 6.07) is 1.86. The van der Waals surface area contributed by atoms with E-state index in [9.17, 15) is 15.0 Å². The largest absolute Gasteiger partial charge is 0.393 e. The van der Waals surface area contributed by atoms with Crippen LogP contribution < -0.4 is 5.56 Å². The summed E-state index contributed by atoms with van der Waals surface area (Å²) in [4.78, 5) is 18.1. The minimum atomic E-state index is -1.44. The highest BCUT2D eigenvalue weighted by Crippen LogP contribution is 2.39. The zero-order chi connectivity index (χ0) is 15.1. The maximum Gasteiger partial charge on any atom is 0.261 e. The predicted molar refractivity (Wildman–Crippen MR) is 66.7 cm³/mol. The first-order chi connectivity index (χ1) is 10.1. The molecule has 1 aliphatic rings. The Bertz CT molecular complexity index is 776. The quantitative estimate of drug-likeness (QED) is 0.550. The molecule has 0 saturated carbocycles. The van der Waals surface area contributed by atoms with E-state index in [1.165, 1.54) is 10.8 Å². The number of nitrogens with one attached hydrogen (secondary N) is 1. The third kappa shape index (κ3) is 1.93. The molecule has 4 N–H and O–H groups in total. The Morgan fingerprint density at radius 2 is 2.33 bits per heavy atom. The molecule has 0 amide bonds. The number of H-pyrrole nitrogens is 1. The van der Waals surface area contributed by atoms with Crippen LogP contribution >= 0.6 is 0 Å². The van der Waals surface area contributed by atoms with E-state index < -0.39 is 30.6 Å². The van der Waals surface area contributed by atoms with Gasteiger partial charge >= 0.3 is 0 Å². The van der Waals surface area contributed by atoms with Crippen molar-refractivity contribution in [3.8, 4) is 6.07 Å². The average Bonchev–Trinajstić information content (AvgIpc) is 2.99. The highest BCUT2D eigenvalue weighted by Gasteiger charge is 2.46. The van der Waals surface area contributed by atoms with Gasteiger partial charge in [-0.05, 0) is 0 Å². The minimum Gasteiger partial charge on any atom is -0.393 e. The Hall–Kier alpha value is -2.25. The van der Waals surface area contributed by atoms with Crippen molar-refractivity contribution >= 4 is 11.0 Å². The number of aromatic nitrogens is 3. The number of aliphatic hydroxyl groups excluding tert-OH is 3. The third-order valence-electron chi connectivity index (χ3n) is 3.25. The molecule has 3 rings (SSSR count). The SMILES string of the molecule is N#Cc1cn([C@@H]2O[C](CO)[C@@H](O)[C]2O)c2nc[nH]c(=O)c12. The van der Waals surface area contributed by atoms with E-state index in [0.29, 0.717) is 0 Å². The lowest BCUT2D eigenvalue weighted by atomic mass is 10.1. The van der Waals surface area contributed by atoms with E-state index in [0.717, 1.165) is 6.33 Å². The van der Waals surface area contributed by atoms with Crippen molar-refractivity contribution in [2.45, 2.75) is 12.3 Å². The number of ether oxygens (including phenoxy) is 1. The van der Waals surface area contributed by atoms with Crippen LogP contribution in [-0.4, -0.2) is 42.6 Å². The Morgan fingerprint density at radius 3 is 2.95 bits per heavy atom. The lowest BCUT2D eigenvalue weighted by molar-refractivity contribution is 0.0202. The summed E-state index contributed by atoms with van der Waals surface area (Å²) in [5.74, 6) is 0. The molecule has 2 atom stereocenters. The Kier molecular flexibility index (Phi) is 3.23. The monoisotopic (exact) mass is 290 g/mol. The topological polar surface area (TPSA) is 144 Å². The van der Waals surface area contributed by atoms with Crippen LogP contribution in [0.4, 0.5) is 0 Å². The standard InChI is InChI=1S/C12H10N4O5/c13-1-5-2-16(10-7(5)11(20)15-4-14-10)12-9(19)8(18)6(3-17)21-12/h2,4,8,12,17-19H,3H2,(H,14,15,20)/t8-,12-/m1/s1. The summed E-state index contributed by atoms with van der Waals surface area (Å²) in [5, 5.41) is 37.8. The van der Waals surface area contributed by atoms with Crippen LogP contribution in [0.5, 0.6) is 0 Å². The van der Waals surface area contributed by atoms with Crippen LogP contribution in [0.3, 0.4) is 0 Å². The van der Waals surface area contributed by atoms with Gasteiger partial charge in [-0.15, -0.1) is 0 Å². The maximum atomic E-state index is 11.8. The summed E-state index contributed by atoms with van der Waals surface area (Å²) in [6.07, 6.45) is -0.737. The van der Waals surface area contributed by atoms with Gasteiger partial charge in [-0.1, -0.05) is 0 Å². The van der Waals surface area contributed by atoms with Crippen LogP contribution in [0.25, 0.3) is 11.0 Å². The van der Waals surface area contributed by atoms with Gasteiger partial charge in [-0.25, -0.2) is 4.98 Å². The van der Waals surface area contributed by atoms with Crippen LogP contribution in [0.15, 0.2) is 17.3 Å². The van der Waals surface area contributed by atoms with E-state index in [4.69, 9.17) is 15.1 Å². The van der Waals surface area contributed by atoms with Gasteiger partial charge in [0.1, 0.15) is 17.6 Å². The Labute approximate surface area is 117 Å². The van der Waals surface area contributed by atoms with Crippen molar-refractivity contribution in [3.63, 3.8) is 0 Å². The molecule has 3 heterocycles. The molecular weight excluding hydrogens is 280 g/mol. The van der Waals surface area contributed by atoms with Crippen molar-refractivity contribution in [2.24, 2.45) is 0 Å². The fraction of sp³-hybridized carbons (Fsp3) is 0.250. The van der Waals surface area contributed by atoms with Crippen molar-refractivity contribution in [2.75, 3.05) is 6.61 Å². The number of aliphatic hydroxyl groups is 3. The summed E-state index contributed by atoms with van der Waals surface area (Å²) in [6.45, 7) is -0.569. The first-order valence-corrected chi connectivity index (χ1v) is 5.93. The van der Waals surface area contributed by atoms with Crippen LogP contribution in [0.2, 0.25) is 0 Å². The van der Waals surface area contributed by atoms with E-state index in [1.54, 1.807) is 0 Å². The molecule has 9 nitrogen and oxygen atoms in total. The summed E-state index contributed by atoms with van der Waals surface area (Å²) in [7, 11) is 0. The fourth-order valence-corrected chi connectivity index (χ4v) is 2.25. The molecular formula is C12H10N4O5. The van der Waals surface area contributed by atoms with E-state index in [2.05, 4.69) is 9.97 Å². The highest BCUT2D eigenvalue weighted by molar-refractivity contribution is 5.82. The molecule has 9 heteroatoms. The molecule has 0 unspecified atom stereocenters. The predicted octanol–water partition coefficient (Wildman–Crippen LogP) is -1.09. The summed E-state index contributed by atoms with van der Waals surface area (Å²) < 4.78 is 6.51. The van der Waals surface area contributed by atoms with Crippen LogP contribution in [-0.2, 0) is 4.74 Å². The number of fused-ring (bicyclic) bond motifs is 1. The van der Waals surface area contributed by atoms with Gasteiger partial charge in [0.25, 0.3) is 5.56 Å². The van der Waals surface area contributed by atoms with Gasteiger partial charge < -0.3 is 29.6 Å². The number of nitrogens with zero attached hydrogens (tertiary/aromatic N) is 3. The van der Waals surface area contributed by atoms with Crippen molar-refractivity contribution in [3.05, 3.63) is 40.6 Å². The fourth-order valence-electron chi connectivity index (χ4n) is 2.25. The van der Waals surface area contributed by atoms with Crippen LogP contribution in [0.1, 0.15) is 11.8 Å². The number of hydrogen-bond acceptors (Lipinski definition) is 7. The molecule has 2 aromatic heterocycles. The molecule has 21 heavy (non-hydrogen) atoms. The van der Waals surface area contributed by atoms with Crippen molar-refractivity contribution < 1.29 is 20.1 Å². The Morgan fingerprint density at radius 1 is 1.57 bits per heavy atom. The molecule has 0 spiro atoms. The first kappa shape index (κ1) is 13.7. The molecule has 2 radical (unpaired) electrons. The number of nitriles is 1. The second-order valence-electron chi connectivity index (χ2n) is 4.41. The molecule has 0 bridgehead atoms. The zero-order valence-electron chi connectivity index (χ0n) is 10.5. The van der Waals surface area contributed by atoms with Crippen LogP contribution in [0, 0.1) is 23.5 Å². The van der Waals surface area contributed by atoms with Crippen molar-refractivity contribution in [1.82, 2.24) is 14.5 Å². The molecule has 1 aliphatic heterocycles. The van der Waals surface area contributed by atoms with Gasteiger partial charge in [0.15, 0.2) is 24.1 Å². The summed E-state index contributed by atoms with van der Waals surface area (Å²) >= 11 is 0. The molecule has 1 saturated heterocycles.